The van der Waals surface area contributed by atoms with Gasteiger partial charge in [0.25, 0.3) is 0 Å². The van der Waals surface area contributed by atoms with Crippen molar-refractivity contribution >= 4 is 23.7 Å². The number of hydrogen-bond donors (Lipinski definition) is 2. The monoisotopic (exact) mass is 320 g/mol. The predicted octanol–water partition coefficient (Wildman–Crippen LogP) is 0.746. The van der Waals surface area contributed by atoms with Crippen molar-refractivity contribution in [2.75, 3.05) is 39.3 Å². The lowest BCUT2D eigenvalue weighted by Crippen LogP contribution is -2.30. The summed E-state index contributed by atoms with van der Waals surface area (Å²) >= 11 is 0. The summed E-state index contributed by atoms with van der Waals surface area (Å²) in [4.78, 5) is 25.0. The standard InChI is InChI=1S/C16H24N4O3/c1-20(2)14-7-5-13(6-8-14)12-18-19-16(22)11-15(21)17-9-4-10-23-3/h5-8,12H,4,9-11H2,1-3H3,(H,17,21)(H,19,22). The molecule has 1 aromatic rings. The van der Waals surface area contributed by atoms with Crippen LogP contribution in [0.1, 0.15) is 18.4 Å². The number of nitrogens with zero attached hydrogens (tertiary/aromatic N) is 2. The molecule has 0 unspecified atom stereocenters. The van der Waals surface area contributed by atoms with Gasteiger partial charge < -0.3 is 15.0 Å². The molecule has 2 N–H and O–H groups in total. The lowest BCUT2D eigenvalue weighted by molar-refractivity contribution is -0.129. The number of carbonyl (C=O) groups is 2. The average molecular weight is 320 g/mol. The van der Waals surface area contributed by atoms with Crippen LogP contribution in [0.25, 0.3) is 0 Å². The van der Waals surface area contributed by atoms with Crippen molar-refractivity contribution in [3.05, 3.63) is 29.8 Å². The zero-order chi connectivity index (χ0) is 17.1. The van der Waals surface area contributed by atoms with E-state index in [0.29, 0.717) is 19.6 Å². The van der Waals surface area contributed by atoms with Crippen molar-refractivity contribution in [3.8, 4) is 0 Å². The van der Waals surface area contributed by atoms with Gasteiger partial charge in [-0.2, -0.15) is 5.10 Å². The number of anilines is 1. The summed E-state index contributed by atoms with van der Waals surface area (Å²) in [6.07, 6.45) is 2.00. The van der Waals surface area contributed by atoms with Gasteiger partial charge >= 0.3 is 0 Å². The molecule has 2 amide bonds. The van der Waals surface area contributed by atoms with E-state index in [1.54, 1.807) is 7.11 Å². The quantitative estimate of drug-likeness (QED) is 0.304. The van der Waals surface area contributed by atoms with Gasteiger partial charge in [0.2, 0.25) is 11.8 Å². The summed E-state index contributed by atoms with van der Waals surface area (Å²) in [6.45, 7) is 1.06. The van der Waals surface area contributed by atoms with Gasteiger partial charge in [0.05, 0.1) is 6.21 Å². The number of carbonyl (C=O) groups excluding carboxylic acids is 2. The van der Waals surface area contributed by atoms with Crippen molar-refractivity contribution in [2.45, 2.75) is 12.8 Å². The Morgan fingerprint density at radius 3 is 2.52 bits per heavy atom. The third-order valence-electron chi connectivity index (χ3n) is 2.98. The van der Waals surface area contributed by atoms with Crippen LogP contribution in [0, 0.1) is 0 Å². The molecule has 0 saturated carbocycles. The van der Waals surface area contributed by atoms with Gasteiger partial charge in [0.1, 0.15) is 6.42 Å². The number of nitrogens with one attached hydrogen (secondary N) is 2. The van der Waals surface area contributed by atoms with Gasteiger partial charge in [-0.15, -0.1) is 0 Å². The second-order valence-electron chi connectivity index (χ2n) is 5.15. The van der Waals surface area contributed by atoms with Gasteiger partial charge in [-0.25, -0.2) is 5.43 Å². The largest absolute Gasteiger partial charge is 0.385 e. The summed E-state index contributed by atoms with van der Waals surface area (Å²) in [5, 5.41) is 6.48. The minimum atomic E-state index is -0.449. The van der Waals surface area contributed by atoms with Crippen LogP contribution in [0.2, 0.25) is 0 Å². The zero-order valence-electron chi connectivity index (χ0n) is 13.8. The first kappa shape index (κ1) is 18.6. The third-order valence-corrected chi connectivity index (χ3v) is 2.98. The molecule has 0 atom stereocenters. The van der Waals surface area contributed by atoms with Crippen LogP contribution in [0.15, 0.2) is 29.4 Å². The van der Waals surface area contributed by atoms with Gasteiger partial charge in [0.15, 0.2) is 0 Å². The summed E-state index contributed by atoms with van der Waals surface area (Å²) in [5.74, 6) is -0.778. The lowest BCUT2D eigenvalue weighted by atomic mass is 10.2. The SMILES string of the molecule is COCCCNC(=O)CC(=O)NN=Cc1ccc(N(C)C)cc1. The van der Waals surface area contributed by atoms with Crippen molar-refractivity contribution in [1.82, 2.24) is 10.7 Å². The molecule has 0 radical (unpaired) electrons. The Morgan fingerprint density at radius 1 is 1.22 bits per heavy atom. The molecule has 126 valence electrons. The summed E-state index contributed by atoms with van der Waals surface area (Å²) in [5.41, 5.74) is 4.28. The number of ether oxygens (including phenoxy) is 1. The van der Waals surface area contributed by atoms with E-state index in [-0.39, 0.29) is 12.3 Å². The Morgan fingerprint density at radius 2 is 1.91 bits per heavy atom. The molecule has 7 nitrogen and oxygen atoms in total. The van der Waals surface area contributed by atoms with Gasteiger partial charge in [0, 0.05) is 40.0 Å². The minimum absolute atomic E-state index is 0.246. The molecule has 7 heteroatoms. The fourth-order valence-electron chi connectivity index (χ4n) is 1.73. The van der Waals surface area contributed by atoms with Crippen molar-refractivity contribution in [2.24, 2.45) is 5.10 Å². The number of benzene rings is 1. The van der Waals surface area contributed by atoms with E-state index in [4.69, 9.17) is 4.74 Å². The molecule has 0 spiro atoms. The van der Waals surface area contributed by atoms with Crippen molar-refractivity contribution in [3.63, 3.8) is 0 Å². The molecule has 0 aliphatic heterocycles. The Labute approximate surface area is 136 Å². The lowest BCUT2D eigenvalue weighted by Gasteiger charge is -2.11. The molecule has 0 saturated heterocycles. The molecule has 1 aromatic carbocycles. The normalized spacial score (nSPS) is 10.6. The highest BCUT2D eigenvalue weighted by Crippen LogP contribution is 2.10. The van der Waals surface area contributed by atoms with Gasteiger partial charge in [-0.3, -0.25) is 9.59 Å². The van der Waals surface area contributed by atoms with Crippen LogP contribution in [0.5, 0.6) is 0 Å². The van der Waals surface area contributed by atoms with Crippen LogP contribution >= 0.6 is 0 Å². The van der Waals surface area contributed by atoms with Crippen LogP contribution in [0.3, 0.4) is 0 Å². The van der Waals surface area contributed by atoms with E-state index in [9.17, 15) is 9.59 Å². The smallest absolute Gasteiger partial charge is 0.249 e. The van der Waals surface area contributed by atoms with Crippen LogP contribution < -0.4 is 15.6 Å². The van der Waals surface area contributed by atoms with E-state index in [1.807, 2.05) is 43.3 Å². The van der Waals surface area contributed by atoms with E-state index in [0.717, 1.165) is 11.3 Å². The summed E-state index contributed by atoms with van der Waals surface area (Å²) in [6, 6.07) is 7.70. The highest BCUT2D eigenvalue weighted by atomic mass is 16.5. The maximum atomic E-state index is 11.6. The average Bonchev–Trinajstić information content (AvgIpc) is 2.52. The maximum Gasteiger partial charge on any atom is 0.249 e. The topological polar surface area (TPSA) is 83.0 Å². The van der Waals surface area contributed by atoms with E-state index in [1.165, 1.54) is 6.21 Å². The third kappa shape index (κ3) is 7.96. The van der Waals surface area contributed by atoms with E-state index < -0.39 is 5.91 Å². The predicted molar refractivity (Wildman–Crippen MR) is 90.6 cm³/mol. The molecule has 0 fully saturated rings. The molecule has 0 heterocycles. The Hall–Kier alpha value is -2.41. The first-order chi connectivity index (χ1) is 11.0. The Balaban J connectivity index is 2.30. The number of rotatable bonds is 9. The second-order valence-corrected chi connectivity index (χ2v) is 5.15. The summed E-state index contributed by atoms with van der Waals surface area (Å²) in [7, 11) is 5.52. The Kier molecular flexibility index (Phi) is 8.38. The molecule has 1 rings (SSSR count). The fraction of sp³-hybridized carbons (Fsp3) is 0.438. The molecular formula is C16H24N4O3. The van der Waals surface area contributed by atoms with Crippen LogP contribution in [-0.2, 0) is 14.3 Å². The highest BCUT2D eigenvalue weighted by molar-refractivity contribution is 5.97. The molecule has 0 aliphatic carbocycles. The van der Waals surface area contributed by atoms with E-state index >= 15 is 0 Å². The van der Waals surface area contributed by atoms with Crippen LogP contribution in [-0.4, -0.2) is 52.4 Å². The van der Waals surface area contributed by atoms with Crippen molar-refractivity contribution in [1.29, 1.82) is 0 Å². The second kappa shape index (κ2) is 10.3. The molecule has 0 aromatic heterocycles. The summed E-state index contributed by atoms with van der Waals surface area (Å²) < 4.78 is 4.87. The first-order valence-electron chi connectivity index (χ1n) is 7.38. The molecular weight excluding hydrogens is 296 g/mol. The zero-order valence-corrected chi connectivity index (χ0v) is 13.8. The van der Waals surface area contributed by atoms with Crippen molar-refractivity contribution < 1.29 is 14.3 Å². The van der Waals surface area contributed by atoms with Gasteiger partial charge in [-0.1, -0.05) is 12.1 Å². The molecule has 23 heavy (non-hydrogen) atoms. The van der Waals surface area contributed by atoms with Gasteiger partial charge in [-0.05, 0) is 24.1 Å². The number of amides is 2. The van der Waals surface area contributed by atoms with Crippen LogP contribution in [0.4, 0.5) is 5.69 Å². The highest BCUT2D eigenvalue weighted by Gasteiger charge is 2.07. The number of methoxy groups -OCH3 is 1. The first-order valence-corrected chi connectivity index (χ1v) is 7.38. The molecule has 0 aliphatic rings. The minimum Gasteiger partial charge on any atom is -0.385 e. The Bertz CT molecular complexity index is 527. The number of hydrazone groups is 1. The maximum absolute atomic E-state index is 11.6. The number of hydrogen-bond acceptors (Lipinski definition) is 5. The fourth-order valence-corrected chi connectivity index (χ4v) is 1.73. The molecule has 0 bridgehead atoms. The van der Waals surface area contributed by atoms with E-state index in [2.05, 4.69) is 15.8 Å².